The quantitative estimate of drug-likeness (QED) is 0.916. The van der Waals surface area contributed by atoms with Crippen LogP contribution in [0.2, 0.25) is 0 Å². The maximum absolute atomic E-state index is 8.83. The molecule has 18 heavy (non-hydrogen) atoms. The van der Waals surface area contributed by atoms with Gasteiger partial charge in [0.05, 0.1) is 10.7 Å². The summed E-state index contributed by atoms with van der Waals surface area (Å²) in [5, 5.41) is 13.2. The second kappa shape index (κ2) is 4.62. The first-order valence-electron chi connectivity index (χ1n) is 6.02. The number of hydrogen-bond acceptors (Lipinski definition) is 4. The Morgan fingerprint density at radius 3 is 2.94 bits per heavy atom. The van der Waals surface area contributed by atoms with Gasteiger partial charge in [-0.15, -0.1) is 0 Å². The molecule has 2 heterocycles. The standard InChI is InChI=1S/C13H12BrN3O/c14-12-10-5-9(6-15)18-11(10)7-16-13(12)17-8-3-1-2-4-8/h5,7-8H,1-4H2,(H,16,17). The molecule has 2 aromatic rings. The molecule has 0 amide bonds. The summed E-state index contributed by atoms with van der Waals surface area (Å²) in [5.41, 5.74) is 0.635. The highest BCUT2D eigenvalue weighted by Gasteiger charge is 2.18. The number of anilines is 1. The highest BCUT2D eigenvalue weighted by molar-refractivity contribution is 9.10. The van der Waals surface area contributed by atoms with Gasteiger partial charge in [-0.2, -0.15) is 5.26 Å². The molecule has 1 N–H and O–H groups in total. The van der Waals surface area contributed by atoms with Crippen LogP contribution in [0.15, 0.2) is 21.2 Å². The van der Waals surface area contributed by atoms with Crippen LogP contribution in [-0.4, -0.2) is 11.0 Å². The highest BCUT2D eigenvalue weighted by Crippen LogP contribution is 2.33. The maximum Gasteiger partial charge on any atom is 0.204 e. The van der Waals surface area contributed by atoms with E-state index >= 15 is 0 Å². The lowest BCUT2D eigenvalue weighted by Gasteiger charge is -2.13. The third-order valence-corrected chi connectivity index (χ3v) is 4.13. The molecule has 0 aromatic carbocycles. The zero-order chi connectivity index (χ0) is 12.5. The first-order chi connectivity index (χ1) is 8.78. The van der Waals surface area contributed by atoms with Crippen LogP contribution < -0.4 is 5.32 Å². The molecule has 1 saturated carbocycles. The van der Waals surface area contributed by atoms with Crippen LogP contribution in [0.1, 0.15) is 31.4 Å². The molecule has 3 rings (SSSR count). The third-order valence-electron chi connectivity index (χ3n) is 3.32. The molecular weight excluding hydrogens is 294 g/mol. The summed E-state index contributed by atoms with van der Waals surface area (Å²) in [6.07, 6.45) is 6.61. The molecule has 92 valence electrons. The van der Waals surface area contributed by atoms with Gasteiger partial charge in [0.25, 0.3) is 0 Å². The molecule has 2 aromatic heterocycles. The van der Waals surface area contributed by atoms with Gasteiger partial charge in [-0.05, 0) is 28.8 Å². The number of nitrogens with one attached hydrogen (secondary N) is 1. The number of pyridine rings is 1. The Bertz CT molecular complexity index is 623. The summed E-state index contributed by atoms with van der Waals surface area (Å²) in [5.74, 6) is 1.14. The zero-order valence-electron chi connectivity index (χ0n) is 9.74. The van der Waals surface area contributed by atoms with Crippen molar-refractivity contribution in [3.8, 4) is 6.07 Å². The predicted molar refractivity (Wildman–Crippen MR) is 72.3 cm³/mol. The van der Waals surface area contributed by atoms with Crippen molar-refractivity contribution >= 4 is 32.7 Å². The Balaban J connectivity index is 1.97. The summed E-state index contributed by atoms with van der Waals surface area (Å²) < 4.78 is 6.21. The van der Waals surface area contributed by atoms with Crippen LogP contribution in [0, 0.1) is 11.3 Å². The second-order valence-electron chi connectivity index (χ2n) is 4.55. The zero-order valence-corrected chi connectivity index (χ0v) is 11.3. The van der Waals surface area contributed by atoms with Gasteiger partial charge < -0.3 is 9.73 Å². The summed E-state index contributed by atoms with van der Waals surface area (Å²) >= 11 is 3.54. The highest BCUT2D eigenvalue weighted by atomic mass is 79.9. The minimum absolute atomic E-state index is 0.311. The van der Waals surface area contributed by atoms with E-state index in [2.05, 4.69) is 26.2 Å². The topological polar surface area (TPSA) is 61.9 Å². The van der Waals surface area contributed by atoms with Gasteiger partial charge in [0.15, 0.2) is 5.58 Å². The Labute approximate surface area is 113 Å². The fourth-order valence-corrected chi connectivity index (χ4v) is 2.93. The molecule has 1 aliphatic carbocycles. The maximum atomic E-state index is 8.83. The minimum atomic E-state index is 0.311. The average Bonchev–Trinajstić information content (AvgIpc) is 3.02. The van der Waals surface area contributed by atoms with Crippen LogP contribution in [0.5, 0.6) is 0 Å². The van der Waals surface area contributed by atoms with E-state index in [0.717, 1.165) is 15.7 Å². The Morgan fingerprint density at radius 2 is 2.22 bits per heavy atom. The smallest absolute Gasteiger partial charge is 0.204 e. The number of nitrogens with zero attached hydrogens (tertiary/aromatic N) is 2. The number of furan rings is 1. The van der Waals surface area contributed by atoms with Crippen LogP contribution in [0.25, 0.3) is 11.0 Å². The largest absolute Gasteiger partial charge is 0.444 e. The van der Waals surface area contributed by atoms with E-state index in [1.807, 2.05) is 6.07 Å². The molecule has 1 fully saturated rings. The van der Waals surface area contributed by atoms with E-state index in [9.17, 15) is 0 Å². The lowest BCUT2D eigenvalue weighted by molar-refractivity contribution is 0.598. The van der Waals surface area contributed by atoms with Gasteiger partial charge in [-0.25, -0.2) is 4.98 Å². The van der Waals surface area contributed by atoms with Gasteiger partial charge in [0, 0.05) is 17.5 Å². The van der Waals surface area contributed by atoms with E-state index in [1.54, 1.807) is 12.3 Å². The van der Waals surface area contributed by atoms with Crippen LogP contribution >= 0.6 is 15.9 Å². The summed E-state index contributed by atoms with van der Waals surface area (Å²) in [6, 6.07) is 4.25. The van der Waals surface area contributed by atoms with Crippen molar-refractivity contribution in [3.63, 3.8) is 0 Å². The first-order valence-corrected chi connectivity index (χ1v) is 6.82. The molecule has 0 bridgehead atoms. The number of nitriles is 1. The van der Waals surface area contributed by atoms with Crippen molar-refractivity contribution in [2.75, 3.05) is 5.32 Å². The van der Waals surface area contributed by atoms with Crippen molar-refractivity contribution in [2.45, 2.75) is 31.7 Å². The average molecular weight is 306 g/mol. The lowest BCUT2D eigenvalue weighted by Crippen LogP contribution is -2.15. The fraction of sp³-hybridized carbons (Fsp3) is 0.385. The van der Waals surface area contributed by atoms with Crippen molar-refractivity contribution in [1.82, 2.24) is 4.98 Å². The second-order valence-corrected chi connectivity index (χ2v) is 5.34. The molecular formula is C13H12BrN3O. The van der Waals surface area contributed by atoms with Gasteiger partial charge in [0.2, 0.25) is 5.76 Å². The minimum Gasteiger partial charge on any atom is -0.444 e. The molecule has 0 unspecified atom stereocenters. The van der Waals surface area contributed by atoms with Gasteiger partial charge in [-0.3, -0.25) is 0 Å². The Hall–Kier alpha value is -1.54. The van der Waals surface area contributed by atoms with E-state index in [-0.39, 0.29) is 0 Å². The van der Waals surface area contributed by atoms with E-state index < -0.39 is 0 Å². The number of hydrogen-bond donors (Lipinski definition) is 1. The fourth-order valence-electron chi connectivity index (χ4n) is 2.40. The van der Waals surface area contributed by atoms with E-state index in [4.69, 9.17) is 9.68 Å². The van der Waals surface area contributed by atoms with Gasteiger partial charge in [-0.1, -0.05) is 12.8 Å². The SMILES string of the molecule is N#Cc1cc2c(Br)c(NC3CCCC3)ncc2o1. The molecule has 0 spiro atoms. The molecule has 0 atom stereocenters. The third kappa shape index (κ3) is 1.97. The van der Waals surface area contributed by atoms with Crippen LogP contribution in [0.4, 0.5) is 5.82 Å². The van der Waals surface area contributed by atoms with E-state index in [1.165, 1.54) is 25.7 Å². The molecule has 1 aliphatic rings. The van der Waals surface area contributed by atoms with Crippen molar-refractivity contribution in [3.05, 3.63) is 22.5 Å². The number of fused-ring (bicyclic) bond motifs is 1. The summed E-state index contributed by atoms with van der Waals surface area (Å²) in [4.78, 5) is 4.36. The molecule has 5 heteroatoms. The summed E-state index contributed by atoms with van der Waals surface area (Å²) in [6.45, 7) is 0. The van der Waals surface area contributed by atoms with Crippen molar-refractivity contribution < 1.29 is 4.42 Å². The van der Waals surface area contributed by atoms with Crippen molar-refractivity contribution in [2.24, 2.45) is 0 Å². The number of aromatic nitrogens is 1. The Kier molecular flexibility index (Phi) is 2.96. The van der Waals surface area contributed by atoms with Gasteiger partial charge in [0.1, 0.15) is 11.9 Å². The Morgan fingerprint density at radius 1 is 1.44 bits per heavy atom. The predicted octanol–water partition coefficient (Wildman–Crippen LogP) is 3.82. The number of halogens is 1. The van der Waals surface area contributed by atoms with Crippen LogP contribution in [0.3, 0.4) is 0 Å². The molecule has 0 aliphatic heterocycles. The molecule has 0 radical (unpaired) electrons. The van der Waals surface area contributed by atoms with E-state index in [0.29, 0.717) is 17.4 Å². The van der Waals surface area contributed by atoms with Gasteiger partial charge >= 0.3 is 0 Å². The summed E-state index contributed by atoms with van der Waals surface area (Å²) in [7, 11) is 0. The monoisotopic (exact) mass is 305 g/mol. The van der Waals surface area contributed by atoms with Crippen LogP contribution in [-0.2, 0) is 0 Å². The number of rotatable bonds is 2. The molecule has 4 nitrogen and oxygen atoms in total. The lowest BCUT2D eigenvalue weighted by atomic mass is 10.2. The molecule has 0 saturated heterocycles. The first kappa shape index (κ1) is 11.5. The van der Waals surface area contributed by atoms with Crippen molar-refractivity contribution in [1.29, 1.82) is 5.26 Å². The normalized spacial score (nSPS) is 16.0.